The predicted molar refractivity (Wildman–Crippen MR) is 167 cm³/mol. The van der Waals surface area contributed by atoms with Gasteiger partial charge in [0, 0.05) is 5.02 Å². The number of aliphatic carboxylic acids is 1. The van der Waals surface area contributed by atoms with Crippen molar-refractivity contribution < 1.29 is 24.3 Å². The second-order valence-corrected chi connectivity index (χ2v) is 12.1. The smallest absolute Gasteiger partial charge is 0.328 e. The molecular formula is C31H31Cl3N4O5. The van der Waals surface area contributed by atoms with Gasteiger partial charge in [-0.05, 0) is 59.2 Å². The largest absolute Gasteiger partial charge is 0.480 e. The molecule has 0 bridgehead atoms. The molecule has 0 spiro atoms. The molecule has 4 rings (SSSR count). The standard InChI is InChI=1S/C31H31Cl3N4O5/c1-31(2)13-12-22(19-8-3-4-9-20(19)31)38-30(43)35-16-24(29(41)42)37-28(40)26-21(33)10-11-23(27(26)34)36-25(39)15-17-6-5-7-18(32)14-17/h3-11,14,22,24H,12-13,15-16H2,1-2H3,(H,36,39)(H,37,40)(H,41,42)(H2,35,38,43). The molecule has 0 heterocycles. The molecule has 43 heavy (non-hydrogen) atoms. The first-order valence-corrected chi connectivity index (χ1v) is 14.7. The molecule has 0 aromatic heterocycles. The summed E-state index contributed by atoms with van der Waals surface area (Å²) in [5, 5.41) is 20.4. The number of urea groups is 1. The van der Waals surface area contributed by atoms with Crippen molar-refractivity contribution in [2.24, 2.45) is 0 Å². The Morgan fingerprint density at radius 1 is 1.00 bits per heavy atom. The zero-order chi connectivity index (χ0) is 31.3. The number of benzene rings is 3. The first-order chi connectivity index (χ1) is 20.4. The third-order valence-electron chi connectivity index (χ3n) is 7.34. The van der Waals surface area contributed by atoms with Crippen LogP contribution in [-0.2, 0) is 21.4 Å². The molecule has 226 valence electrons. The van der Waals surface area contributed by atoms with Gasteiger partial charge in [0.05, 0.1) is 40.3 Å². The normalized spacial score (nSPS) is 15.9. The summed E-state index contributed by atoms with van der Waals surface area (Å²) in [7, 11) is 0. The SMILES string of the molecule is CC1(C)CCC(NC(=O)NCC(NC(=O)c2c(Cl)ccc(NC(=O)Cc3cccc(Cl)c3)c2Cl)C(=O)O)c2ccccc21. The van der Waals surface area contributed by atoms with Crippen molar-refractivity contribution in [1.29, 1.82) is 0 Å². The van der Waals surface area contributed by atoms with E-state index in [1.807, 2.05) is 24.3 Å². The second kappa shape index (κ2) is 13.7. The molecule has 2 atom stereocenters. The van der Waals surface area contributed by atoms with Gasteiger partial charge in [-0.1, -0.05) is 85.0 Å². The van der Waals surface area contributed by atoms with Crippen LogP contribution in [0.4, 0.5) is 10.5 Å². The number of carbonyl (C=O) groups is 4. The zero-order valence-electron chi connectivity index (χ0n) is 23.5. The van der Waals surface area contributed by atoms with Gasteiger partial charge in [-0.2, -0.15) is 0 Å². The Morgan fingerprint density at radius 2 is 1.74 bits per heavy atom. The van der Waals surface area contributed by atoms with Crippen LogP contribution in [0.3, 0.4) is 0 Å². The third-order valence-corrected chi connectivity index (χ3v) is 8.29. The van der Waals surface area contributed by atoms with Crippen LogP contribution in [-0.4, -0.2) is 41.5 Å². The highest BCUT2D eigenvalue weighted by Crippen LogP contribution is 2.41. The molecule has 2 unspecified atom stereocenters. The topological polar surface area (TPSA) is 137 Å². The van der Waals surface area contributed by atoms with Crippen LogP contribution < -0.4 is 21.3 Å². The molecule has 0 fully saturated rings. The van der Waals surface area contributed by atoms with Crippen molar-refractivity contribution in [3.63, 3.8) is 0 Å². The van der Waals surface area contributed by atoms with Crippen LogP contribution in [0.15, 0.2) is 60.7 Å². The maximum Gasteiger partial charge on any atom is 0.328 e. The van der Waals surface area contributed by atoms with Crippen molar-refractivity contribution in [3.8, 4) is 0 Å². The summed E-state index contributed by atoms with van der Waals surface area (Å²) in [5.74, 6) is -2.68. The molecule has 9 nitrogen and oxygen atoms in total. The average Bonchev–Trinajstić information content (AvgIpc) is 2.94. The van der Waals surface area contributed by atoms with E-state index in [0.717, 1.165) is 24.0 Å². The fourth-order valence-electron chi connectivity index (χ4n) is 5.08. The minimum absolute atomic E-state index is 0.0000692. The van der Waals surface area contributed by atoms with Gasteiger partial charge in [0.1, 0.15) is 6.04 Å². The summed E-state index contributed by atoms with van der Waals surface area (Å²) in [6.07, 6.45) is 1.59. The quantitative estimate of drug-likeness (QED) is 0.191. The van der Waals surface area contributed by atoms with E-state index in [1.165, 1.54) is 12.1 Å². The first-order valence-electron chi connectivity index (χ1n) is 13.6. The Kier molecular flexibility index (Phi) is 10.2. The molecule has 1 aliphatic rings. The summed E-state index contributed by atoms with van der Waals surface area (Å²) in [4.78, 5) is 50.4. The van der Waals surface area contributed by atoms with E-state index >= 15 is 0 Å². The molecule has 0 saturated carbocycles. The lowest BCUT2D eigenvalue weighted by Crippen LogP contribution is -2.51. The number of amides is 4. The number of carboxylic acids is 1. The highest BCUT2D eigenvalue weighted by atomic mass is 35.5. The van der Waals surface area contributed by atoms with Gasteiger partial charge in [-0.3, -0.25) is 9.59 Å². The highest BCUT2D eigenvalue weighted by molar-refractivity contribution is 6.41. The summed E-state index contributed by atoms with van der Waals surface area (Å²) in [6.45, 7) is 3.91. The Balaban J connectivity index is 1.39. The molecule has 3 aromatic carbocycles. The fourth-order valence-corrected chi connectivity index (χ4v) is 5.88. The van der Waals surface area contributed by atoms with Gasteiger partial charge in [0.15, 0.2) is 0 Å². The maximum atomic E-state index is 13.1. The molecule has 3 aromatic rings. The van der Waals surface area contributed by atoms with Crippen molar-refractivity contribution in [1.82, 2.24) is 16.0 Å². The average molecular weight is 646 g/mol. The maximum absolute atomic E-state index is 13.1. The number of fused-ring (bicyclic) bond motifs is 1. The van der Waals surface area contributed by atoms with Crippen molar-refractivity contribution in [2.75, 3.05) is 11.9 Å². The Hall–Kier alpha value is -3.79. The van der Waals surface area contributed by atoms with Crippen LogP contribution in [0.25, 0.3) is 0 Å². The van der Waals surface area contributed by atoms with Crippen LogP contribution in [0, 0.1) is 0 Å². The van der Waals surface area contributed by atoms with E-state index in [9.17, 15) is 24.3 Å². The van der Waals surface area contributed by atoms with Gasteiger partial charge in [-0.25, -0.2) is 9.59 Å². The van der Waals surface area contributed by atoms with E-state index in [4.69, 9.17) is 34.8 Å². The summed E-state index contributed by atoms with van der Waals surface area (Å²) >= 11 is 18.7. The lowest BCUT2D eigenvalue weighted by molar-refractivity contribution is -0.139. The molecule has 1 aliphatic carbocycles. The van der Waals surface area contributed by atoms with Crippen molar-refractivity contribution in [2.45, 2.75) is 50.6 Å². The molecule has 0 saturated heterocycles. The number of carboxylic acid groups (broad SMARTS) is 1. The monoisotopic (exact) mass is 644 g/mol. The summed E-state index contributed by atoms with van der Waals surface area (Å²) < 4.78 is 0. The lowest BCUT2D eigenvalue weighted by atomic mass is 9.71. The van der Waals surface area contributed by atoms with Gasteiger partial charge in [0.2, 0.25) is 5.91 Å². The third kappa shape index (κ3) is 7.98. The van der Waals surface area contributed by atoms with E-state index in [0.29, 0.717) is 10.6 Å². The van der Waals surface area contributed by atoms with Gasteiger partial charge >= 0.3 is 12.0 Å². The number of halogens is 3. The van der Waals surface area contributed by atoms with E-state index in [1.54, 1.807) is 24.3 Å². The second-order valence-electron chi connectivity index (χ2n) is 10.9. The van der Waals surface area contributed by atoms with Crippen LogP contribution in [0.2, 0.25) is 15.1 Å². The van der Waals surface area contributed by atoms with Gasteiger partial charge in [-0.15, -0.1) is 0 Å². The number of hydrogen-bond donors (Lipinski definition) is 5. The Bertz CT molecular complexity index is 1560. The molecule has 0 radical (unpaired) electrons. The van der Waals surface area contributed by atoms with Crippen LogP contribution >= 0.6 is 34.8 Å². The van der Waals surface area contributed by atoms with Crippen LogP contribution in [0.1, 0.15) is 59.8 Å². The molecule has 4 amide bonds. The number of nitrogens with one attached hydrogen (secondary N) is 4. The number of rotatable bonds is 9. The van der Waals surface area contributed by atoms with Gasteiger partial charge < -0.3 is 26.4 Å². The highest BCUT2D eigenvalue weighted by Gasteiger charge is 2.33. The van der Waals surface area contributed by atoms with Crippen molar-refractivity contribution >= 4 is 64.3 Å². The zero-order valence-corrected chi connectivity index (χ0v) is 25.7. The summed E-state index contributed by atoms with van der Waals surface area (Å²) in [5.41, 5.74) is 2.71. The first kappa shape index (κ1) is 32.1. The van der Waals surface area contributed by atoms with E-state index in [2.05, 4.69) is 35.1 Å². The van der Waals surface area contributed by atoms with Gasteiger partial charge in [0.25, 0.3) is 5.91 Å². The minimum atomic E-state index is -1.50. The Labute approximate surface area is 264 Å². The van der Waals surface area contributed by atoms with E-state index < -0.39 is 36.4 Å². The minimum Gasteiger partial charge on any atom is -0.480 e. The molecule has 5 N–H and O–H groups in total. The van der Waals surface area contributed by atoms with Crippen LogP contribution in [0.5, 0.6) is 0 Å². The number of hydrogen-bond acceptors (Lipinski definition) is 4. The Morgan fingerprint density at radius 3 is 2.47 bits per heavy atom. The number of carbonyl (C=O) groups excluding carboxylic acids is 3. The fraction of sp³-hybridized carbons (Fsp3) is 0.290. The van der Waals surface area contributed by atoms with Crippen molar-refractivity contribution in [3.05, 3.63) is 98.0 Å². The molecular weight excluding hydrogens is 615 g/mol. The predicted octanol–water partition coefficient (Wildman–Crippen LogP) is 6.12. The lowest BCUT2D eigenvalue weighted by Gasteiger charge is -2.37. The summed E-state index contributed by atoms with van der Waals surface area (Å²) in [6, 6.07) is 15.2. The molecule has 12 heteroatoms. The number of anilines is 1. The van der Waals surface area contributed by atoms with E-state index in [-0.39, 0.29) is 39.2 Å². The molecule has 0 aliphatic heterocycles.